The van der Waals surface area contributed by atoms with Crippen molar-refractivity contribution in [1.82, 2.24) is 20.9 Å². The molecule has 1 aliphatic heterocycles. The molecule has 4 rings (SSSR count). The normalized spacial score (nSPS) is 15.9. The first kappa shape index (κ1) is 44.0. The standard InChI is InChI=1S/C44H56N4O9/c1-6-44(5,47-37(49)34(46-42(54)57-43(2,3)4)25-16-17-28-55-39(51)33-23-14-9-15-24-33)41(53)45-35(29-31-19-10-7-11-20-31)38(50)48-27-18-26-36(48)40(52)56-30-32-21-12-8-13-22-32/h7-15,19-24,34-36H,6,16-18,25-30H2,1-5H3,(H,45,53)(H,46,54)(H,47,49)/t34-,35-,36+,44-/m0/s1. The molecule has 3 aromatic rings. The third kappa shape index (κ3) is 13.8. The molecule has 0 aliphatic carbocycles. The van der Waals surface area contributed by atoms with Gasteiger partial charge in [-0.2, -0.15) is 0 Å². The van der Waals surface area contributed by atoms with Crippen molar-refractivity contribution in [2.45, 2.75) is 115 Å². The molecule has 1 heterocycles. The fourth-order valence-electron chi connectivity index (χ4n) is 6.32. The van der Waals surface area contributed by atoms with Gasteiger partial charge in [-0.15, -0.1) is 0 Å². The van der Waals surface area contributed by atoms with Gasteiger partial charge >= 0.3 is 18.0 Å². The molecule has 1 saturated heterocycles. The summed E-state index contributed by atoms with van der Waals surface area (Å²) in [7, 11) is 0. The van der Waals surface area contributed by atoms with Crippen molar-refractivity contribution in [1.29, 1.82) is 0 Å². The zero-order valence-electron chi connectivity index (χ0n) is 33.6. The van der Waals surface area contributed by atoms with E-state index in [1.54, 1.807) is 65.0 Å². The Morgan fingerprint density at radius 3 is 2.00 bits per heavy atom. The van der Waals surface area contributed by atoms with Crippen molar-refractivity contribution in [2.75, 3.05) is 13.2 Å². The maximum atomic E-state index is 14.3. The summed E-state index contributed by atoms with van der Waals surface area (Å²) < 4.78 is 16.4. The van der Waals surface area contributed by atoms with E-state index >= 15 is 0 Å². The maximum absolute atomic E-state index is 14.3. The Balaban J connectivity index is 1.45. The van der Waals surface area contributed by atoms with Crippen molar-refractivity contribution in [3.63, 3.8) is 0 Å². The molecule has 4 amide bonds. The van der Waals surface area contributed by atoms with Gasteiger partial charge < -0.3 is 35.1 Å². The van der Waals surface area contributed by atoms with Gasteiger partial charge in [-0.3, -0.25) is 14.4 Å². The maximum Gasteiger partial charge on any atom is 0.408 e. The highest BCUT2D eigenvalue weighted by molar-refractivity contribution is 5.97. The lowest BCUT2D eigenvalue weighted by Crippen LogP contribution is -2.63. The smallest absolute Gasteiger partial charge is 0.408 e. The second-order valence-corrected chi connectivity index (χ2v) is 15.4. The van der Waals surface area contributed by atoms with Gasteiger partial charge in [-0.05, 0) is 89.5 Å². The van der Waals surface area contributed by atoms with E-state index in [4.69, 9.17) is 14.2 Å². The van der Waals surface area contributed by atoms with Crippen molar-refractivity contribution >= 4 is 35.8 Å². The summed E-state index contributed by atoms with van der Waals surface area (Å²) in [6, 6.07) is 24.1. The second-order valence-electron chi connectivity index (χ2n) is 15.4. The first-order valence-electron chi connectivity index (χ1n) is 19.6. The monoisotopic (exact) mass is 784 g/mol. The van der Waals surface area contributed by atoms with Crippen molar-refractivity contribution < 1.29 is 43.0 Å². The summed E-state index contributed by atoms with van der Waals surface area (Å²) in [6.07, 6.45) is 1.44. The number of hydrogen-bond acceptors (Lipinski definition) is 9. The average molecular weight is 785 g/mol. The van der Waals surface area contributed by atoms with E-state index < -0.39 is 65.0 Å². The van der Waals surface area contributed by atoms with Crippen LogP contribution in [0.2, 0.25) is 0 Å². The summed E-state index contributed by atoms with van der Waals surface area (Å²) in [5.74, 6) is -2.66. The van der Waals surface area contributed by atoms with E-state index in [9.17, 15) is 28.8 Å². The molecule has 0 aromatic heterocycles. The quantitative estimate of drug-likeness (QED) is 0.0838. The Labute approximate surface area is 335 Å². The fraction of sp³-hybridized carbons (Fsp3) is 0.455. The van der Waals surface area contributed by atoms with E-state index in [1.807, 2.05) is 60.7 Å². The van der Waals surface area contributed by atoms with E-state index in [2.05, 4.69) is 16.0 Å². The molecule has 3 aromatic carbocycles. The highest BCUT2D eigenvalue weighted by atomic mass is 16.6. The molecule has 13 nitrogen and oxygen atoms in total. The first-order valence-corrected chi connectivity index (χ1v) is 19.6. The molecule has 1 aliphatic rings. The van der Waals surface area contributed by atoms with Gasteiger partial charge in [0.15, 0.2) is 0 Å². The molecular weight excluding hydrogens is 729 g/mol. The highest BCUT2D eigenvalue weighted by Gasteiger charge is 2.42. The van der Waals surface area contributed by atoms with Gasteiger partial charge in [-0.25, -0.2) is 14.4 Å². The molecule has 306 valence electrons. The Bertz CT molecular complexity index is 1800. The zero-order chi connectivity index (χ0) is 41.4. The Morgan fingerprint density at radius 1 is 0.772 bits per heavy atom. The third-order valence-electron chi connectivity index (χ3n) is 9.66. The van der Waals surface area contributed by atoms with Gasteiger partial charge in [0.1, 0.15) is 35.9 Å². The van der Waals surface area contributed by atoms with Crippen LogP contribution in [-0.4, -0.2) is 83.1 Å². The minimum atomic E-state index is -1.51. The van der Waals surface area contributed by atoms with Gasteiger partial charge in [-0.1, -0.05) is 85.8 Å². The summed E-state index contributed by atoms with van der Waals surface area (Å²) >= 11 is 0. The lowest BCUT2D eigenvalue weighted by atomic mass is 9.94. The molecule has 0 unspecified atom stereocenters. The molecule has 4 atom stereocenters. The van der Waals surface area contributed by atoms with E-state index in [1.165, 1.54) is 4.90 Å². The summed E-state index contributed by atoms with van der Waals surface area (Å²) in [6.45, 7) is 8.87. The van der Waals surface area contributed by atoms with Gasteiger partial charge in [0.2, 0.25) is 17.7 Å². The number of carbonyl (C=O) groups is 6. The van der Waals surface area contributed by atoms with E-state index in [0.29, 0.717) is 37.8 Å². The highest BCUT2D eigenvalue weighted by Crippen LogP contribution is 2.22. The van der Waals surface area contributed by atoms with Crippen molar-refractivity contribution in [3.8, 4) is 0 Å². The zero-order valence-corrected chi connectivity index (χ0v) is 33.6. The largest absolute Gasteiger partial charge is 0.462 e. The molecule has 57 heavy (non-hydrogen) atoms. The summed E-state index contributed by atoms with van der Waals surface area (Å²) in [4.78, 5) is 82.3. The SMILES string of the molecule is CC[C@](C)(NC(=O)[C@H](CCCCOC(=O)c1ccccc1)NC(=O)OC(C)(C)C)C(=O)N[C@@H](Cc1ccccc1)C(=O)N1CCC[C@@H]1C(=O)OCc1ccccc1. The minimum Gasteiger partial charge on any atom is -0.462 e. The Kier molecular flexibility index (Phi) is 16.2. The Hall–Kier alpha value is -5.72. The number of likely N-dealkylation sites (tertiary alicyclic amines) is 1. The van der Waals surface area contributed by atoms with Gasteiger partial charge in [0, 0.05) is 13.0 Å². The summed E-state index contributed by atoms with van der Waals surface area (Å²) in [5, 5.41) is 8.35. The second kappa shape index (κ2) is 21.0. The number of hydrogen-bond donors (Lipinski definition) is 3. The number of alkyl carbamates (subject to hydrolysis) is 1. The molecule has 1 fully saturated rings. The topological polar surface area (TPSA) is 169 Å². The van der Waals surface area contributed by atoms with Crippen LogP contribution in [0.5, 0.6) is 0 Å². The molecular formula is C44H56N4O9. The average Bonchev–Trinajstić information content (AvgIpc) is 3.69. The minimum absolute atomic E-state index is 0.0719. The van der Waals surface area contributed by atoms with Crippen molar-refractivity contribution in [3.05, 3.63) is 108 Å². The first-order chi connectivity index (χ1) is 27.2. The number of nitrogens with zero attached hydrogens (tertiary/aromatic N) is 1. The van der Waals surface area contributed by atoms with Crippen LogP contribution in [0.3, 0.4) is 0 Å². The molecule has 13 heteroatoms. The van der Waals surface area contributed by atoms with E-state index in [-0.39, 0.29) is 32.5 Å². The number of esters is 2. The van der Waals surface area contributed by atoms with Crippen LogP contribution in [0.4, 0.5) is 4.79 Å². The molecule has 0 spiro atoms. The Morgan fingerprint density at radius 2 is 1.39 bits per heavy atom. The lowest BCUT2D eigenvalue weighted by molar-refractivity contribution is -0.155. The van der Waals surface area contributed by atoms with Crippen LogP contribution < -0.4 is 16.0 Å². The number of amides is 4. The molecule has 3 N–H and O–H groups in total. The molecule has 0 saturated carbocycles. The fourth-order valence-corrected chi connectivity index (χ4v) is 6.32. The number of ether oxygens (including phenoxy) is 3. The van der Waals surface area contributed by atoms with Crippen LogP contribution in [0.25, 0.3) is 0 Å². The van der Waals surface area contributed by atoms with Crippen LogP contribution in [0.1, 0.15) is 94.6 Å². The van der Waals surface area contributed by atoms with Gasteiger partial charge in [0.05, 0.1) is 12.2 Å². The lowest BCUT2D eigenvalue weighted by Gasteiger charge is -2.34. The number of benzene rings is 3. The number of rotatable bonds is 18. The number of unbranched alkanes of at least 4 members (excludes halogenated alkanes) is 1. The third-order valence-corrected chi connectivity index (χ3v) is 9.66. The van der Waals surface area contributed by atoms with Crippen LogP contribution >= 0.6 is 0 Å². The van der Waals surface area contributed by atoms with Crippen molar-refractivity contribution in [2.24, 2.45) is 0 Å². The number of nitrogens with one attached hydrogen (secondary N) is 3. The number of carbonyl (C=O) groups excluding carboxylic acids is 6. The van der Waals surface area contributed by atoms with E-state index in [0.717, 1.165) is 11.1 Å². The summed E-state index contributed by atoms with van der Waals surface area (Å²) in [5.41, 5.74) is -0.305. The predicted octanol–water partition coefficient (Wildman–Crippen LogP) is 5.65. The molecule has 0 radical (unpaired) electrons. The van der Waals surface area contributed by atoms with Crippen LogP contribution in [-0.2, 0) is 46.4 Å². The van der Waals surface area contributed by atoms with Gasteiger partial charge in [0.25, 0.3) is 0 Å². The van der Waals surface area contributed by atoms with Crippen LogP contribution in [0, 0.1) is 0 Å². The predicted molar refractivity (Wildman–Crippen MR) is 214 cm³/mol. The molecule has 0 bridgehead atoms. The van der Waals surface area contributed by atoms with Crippen LogP contribution in [0.15, 0.2) is 91.0 Å².